The van der Waals surface area contributed by atoms with E-state index in [1.54, 1.807) is 18.4 Å². The van der Waals surface area contributed by atoms with Crippen molar-refractivity contribution in [3.05, 3.63) is 123 Å². The molecular formula is C33H30Br2N2O5S. The van der Waals surface area contributed by atoms with E-state index < -0.39 is 12.0 Å². The van der Waals surface area contributed by atoms with Gasteiger partial charge in [0.2, 0.25) is 0 Å². The second-order valence-corrected chi connectivity index (χ2v) is 12.8. The van der Waals surface area contributed by atoms with Gasteiger partial charge in [0.05, 0.1) is 37.5 Å². The third-order valence-corrected chi connectivity index (χ3v) is 8.80. The molecule has 0 saturated heterocycles. The quantitative estimate of drug-likeness (QED) is 0.180. The summed E-state index contributed by atoms with van der Waals surface area (Å²) in [4.78, 5) is 32.5. The number of fused-ring (bicyclic) bond motifs is 1. The van der Waals surface area contributed by atoms with Crippen molar-refractivity contribution in [1.82, 2.24) is 4.57 Å². The van der Waals surface area contributed by atoms with E-state index in [1.807, 2.05) is 86.7 Å². The lowest BCUT2D eigenvalue weighted by Crippen LogP contribution is -2.40. The average Bonchev–Trinajstić information content (AvgIpc) is 3.26. The second kappa shape index (κ2) is 13.4. The summed E-state index contributed by atoms with van der Waals surface area (Å²) in [6.45, 7) is 8.01. The van der Waals surface area contributed by atoms with Crippen LogP contribution in [0, 0.1) is 0 Å². The molecule has 10 heteroatoms. The van der Waals surface area contributed by atoms with Crippen LogP contribution in [0.15, 0.2) is 96.7 Å². The van der Waals surface area contributed by atoms with Crippen LogP contribution in [-0.4, -0.2) is 23.2 Å². The number of benzene rings is 3. The first kappa shape index (κ1) is 31.0. The van der Waals surface area contributed by atoms with E-state index in [1.165, 1.54) is 11.3 Å². The van der Waals surface area contributed by atoms with Crippen LogP contribution in [-0.2, 0) is 16.1 Å². The van der Waals surface area contributed by atoms with Crippen molar-refractivity contribution in [1.29, 1.82) is 0 Å². The summed E-state index contributed by atoms with van der Waals surface area (Å²) < 4.78 is 21.1. The van der Waals surface area contributed by atoms with Crippen molar-refractivity contribution in [2.75, 3.05) is 6.61 Å². The van der Waals surface area contributed by atoms with Gasteiger partial charge < -0.3 is 14.2 Å². The molecule has 43 heavy (non-hydrogen) atoms. The number of halogens is 2. The minimum Gasteiger partial charge on any atom is -0.491 e. The van der Waals surface area contributed by atoms with Crippen molar-refractivity contribution in [3.63, 3.8) is 0 Å². The predicted octanol–water partition coefficient (Wildman–Crippen LogP) is 6.69. The summed E-state index contributed by atoms with van der Waals surface area (Å²) in [5.74, 6) is 0.743. The van der Waals surface area contributed by atoms with Gasteiger partial charge in [-0.2, -0.15) is 0 Å². The molecule has 0 radical (unpaired) electrons. The molecule has 222 valence electrons. The summed E-state index contributed by atoms with van der Waals surface area (Å²) >= 11 is 8.53. The Bertz CT molecular complexity index is 1860. The zero-order valence-electron chi connectivity index (χ0n) is 24.1. The Hall–Kier alpha value is -3.47. The molecule has 4 aromatic rings. The Balaban J connectivity index is 1.60. The van der Waals surface area contributed by atoms with E-state index in [0.717, 1.165) is 20.1 Å². The van der Waals surface area contributed by atoms with Gasteiger partial charge in [0.15, 0.2) is 4.80 Å². The first-order chi connectivity index (χ1) is 20.7. The molecule has 0 aliphatic carbocycles. The van der Waals surface area contributed by atoms with Gasteiger partial charge in [-0.05, 0) is 95.0 Å². The molecule has 2 heterocycles. The van der Waals surface area contributed by atoms with Crippen molar-refractivity contribution < 1.29 is 19.0 Å². The molecule has 0 saturated carbocycles. The number of allylic oxidation sites excluding steroid dienone is 1. The number of ether oxygens (including phenoxy) is 3. The van der Waals surface area contributed by atoms with Crippen LogP contribution in [0.2, 0.25) is 0 Å². The Morgan fingerprint density at radius 1 is 1.07 bits per heavy atom. The maximum Gasteiger partial charge on any atom is 0.338 e. The number of rotatable bonds is 9. The molecule has 0 unspecified atom stereocenters. The lowest BCUT2D eigenvalue weighted by Gasteiger charge is -2.26. The third kappa shape index (κ3) is 6.71. The standard InChI is InChI=1S/C33H30Br2N2O5S/c1-5-40-32(39)28-20(4)36-33-37(29(28)23-13-9-10-14-26(23)42-19(2)3)31(38)27(43-33)17-22-15-24(34)30(25(35)16-22)41-18-21-11-7-6-8-12-21/h6-17,19,29H,5,18H2,1-4H3/b27-17+/t29-/m0/s1. The maximum absolute atomic E-state index is 14.1. The van der Waals surface area contributed by atoms with Crippen LogP contribution in [0.5, 0.6) is 11.5 Å². The zero-order valence-corrected chi connectivity index (χ0v) is 28.1. The molecule has 1 aliphatic heterocycles. The number of aromatic nitrogens is 1. The summed E-state index contributed by atoms with van der Waals surface area (Å²) in [5.41, 5.74) is 3.08. The molecule has 1 atom stereocenters. The van der Waals surface area contributed by atoms with E-state index in [9.17, 15) is 9.59 Å². The number of carbonyl (C=O) groups is 1. The molecule has 1 aromatic heterocycles. The van der Waals surface area contributed by atoms with Gasteiger partial charge in [0.1, 0.15) is 24.1 Å². The lowest BCUT2D eigenvalue weighted by atomic mass is 9.95. The Labute approximate surface area is 270 Å². The Morgan fingerprint density at radius 3 is 2.42 bits per heavy atom. The van der Waals surface area contributed by atoms with Crippen molar-refractivity contribution >= 4 is 55.2 Å². The number of esters is 1. The fraction of sp³-hybridized carbons (Fsp3) is 0.242. The van der Waals surface area contributed by atoms with Crippen molar-refractivity contribution in [2.24, 2.45) is 4.99 Å². The fourth-order valence-electron chi connectivity index (χ4n) is 4.84. The van der Waals surface area contributed by atoms with Gasteiger partial charge in [-0.1, -0.05) is 59.9 Å². The monoisotopic (exact) mass is 724 g/mol. The number of hydrogen-bond acceptors (Lipinski definition) is 7. The van der Waals surface area contributed by atoms with Crippen molar-refractivity contribution in [3.8, 4) is 11.5 Å². The molecule has 0 N–H and O–H groups in total. The van der Waals surface area contributed by atoms with E-state index >= 15 is 0 Å². The Kier molecular flexibility index (Phi) is 9.68. The van der Waals surface area contributed by atoms with Gasteiger partial charge in [-0.15, -0.1) is 0 Å². The Morgan fingerprint density at radius 2 is 1.74 bits per heavy atom. The SMILES string of the molecule is CCOC(=O)C1=C(C)N=c2s/c(=C/c3cc(Br)c(OCc4ccccc4)c(Br)c3)c(=O)n2[C@H]1c1ccccc1OC(C)C. The van der Waals surface area contributed by atoms with Gasteiger partial charge in [0.25, 0.3) is 5.56 Å². The number of thiazole rings is 1. The van der Waals surface area contributed by atoms with Crippen LogP contribution in [0.1, 0.15) is 50.4 Å². The van der Waals surface area contributed by atoms with Gasteiger partial charge in [0, 0.05) is 5.56 Å². The maximum atomic E-state index is 14.1. The van der Waals surface area contributed by atoms with Crippen LogP contribution in [0.3, 0.4) is 0 Å². The molecular weight excluding hydrogens is 696 g/mol. The molecule has 0 fully saturated rings. The highest BCUT2D eigenvalue weighted by Crippen LogP contribution is 2.37. The fourth-order valence-corrected chi connectivity index (χ4v) is 7.33. The summed E-state index contributed by atoms with van der Waals surface area (Å²) in [6.07, 6.45) is 1.71. The highest BCUT2D eigenvalue weighted by Gasteiger charge is 2.35. The summed E-state index contributed by atoms with van der Waals surface area (Å²) in [6, 6.07) is 20.4. The van der Waals surface area contributed by atoms with E-state index in [-0.39, 0.29) is 18.3 Å². The highest BCUT2D eigenvalue weighted by molar-refractivity contribution is 9.11. The molecule has 7 nitrogen and oxygen atoms in total. The largest absolute Gasteiger partial charge is 0.491 e. The molecule has 3 aromatic carbocycles. The van der Waals surface area contributed by atoms with Gasteiger partial charge >= 0.3 is 5.97 Å². The lowest BCUT2D eigenvalue weighted by molar-refractivity contribution is -0.139. The van der Waals surface area contributed by atoms with Crippen LogP contribution >= 0.6 is 43.2 Å². The molecule has 0 amide bonds. The predicted molar refractivity (Wildman–Crippen MR) is 175 cm³/mol. The number of para-hydroxylation sites is 1. The summed E-state index contributed by atoms with van der Waals surface area (Å²) in [5, 5.41) is 0. The first-order valence-corrected chi connectivity index (χ1v) is 16.2. The minimum atomic E-state index is -0.764. The minimum absolute atomic E-state index is 0.107. The number of carbonyl (C=O) groups excluding carboxylic acids is 1. The van der Waals surface area contributed by atoms with E-state index in [2.05, 4.69) is 36.9 Å². The topological polar surface area (TPSA) is 79.1 Å². The molecule has 0 spiro atoms. The summed E-state index contributed by atoms with van der Waals surface area (Å²) in [7, 11) is 0. The van der Waals surface area contributed by atoms with Gasteiger partial charge in [-0.3, -0.25) is 9.36 Å². The third-order valence-electron chi connectivity index (χ3n) is 6.64. The molecule has 1 aliphatic rings. The van der Waals surface area contributed by atoms with Crippen molar-refractivity contribution in [2.45, 2.75) is 46.4 Å². The number of nitrogens with zero attached hydrogens (tertiary/aromatic N) is 2. The first-order valence-electron chi connectivity index (χ1n) is 13.8. The van der Waals surface area contributed by atoms with Crippen LogP contribution < -0.4 is 24.4 Å². The van der Waals surface area contributed by atoms with Crippen LogP contribution in [0.4, 0.5) is 0 Å². The van der Waals surface area contributed by atoms with Gasteiger partial charge in [-0.25, -0.2) is 9.79 Å². The number of hydrogen-bond donors (Lipinski definition) is 0. The average molecular weight is 726 g/mol. The van der Waals surface area contributed by atoms with E-state index in [4.69, 9.17) is 14.2 Å². The van der Waals surface area contributed by atoms with E-state index in [0.29, 0.717) is 44.3 Å². The zero-order chi connectivity index (χ0) is 30.7. The molecule has 5 rings (SSSR count). The highest BCUT2D eigenvalue weighted by atomic mass is 79.9. The molecule has 0 bridgehead atoms. The normalized spacial score (nSPS) is 14.9. The smallest absolute Gasteiger partial charge is 0.338 e. The second-order valence-electron chi connectivity index (χ2n) is 10.1. The van der Waals surface area contributed by atoms with Crippen LogP contribution in [0.25, 0.3) is 6.08 Å².